The van der Waals surface area contributed by atoms with Gasteiger partial charge in [0.2, 0.25) is 0 Å². The van der Waals surface area contributed by atoms with Crippen molar-refractivity contribution in [1.82, 2.24) is 0 Å². The summed E-state index contributed by atoms with van der Waals surface area (Å²) in [5.74, 6) is -1.25. The molecule has 0 heterocycles. The van der Waals surface area contributed by atoms with E-state index in [2.05, 4.69) is 0 Å². The van der Waals surface area contributed by atoms with Crippen LogP contribution >= 0.6 is 0 Å². The van der Waals surface area contributed by atoms with Gasteiger partial charge in [-0.25, -0.2) is 4.79 Å². The van der Waals surface area contributed by atoms with Gasteiger partial charge in [0.05, 0.1) is 11.7 Å². The molecule has 0 bridgehead atoms. The molecule has 0 atom stereocenters. The van der Waals surface area contributed by atoms with Gasteiger partial charge in [0.15, 0.2) is 5.78 Å². The number of hydrogen-bond donors (Lipinski definition) is 1. The normalized spacial score (nSPS) is 10.4. The van der Waals surface area contributed by atoms with E-state index in [1.54, 1.807) is 12.1 Å². The molecule has 0 unspecified atom stereocenters. The van der Waals surface area contributed by atoms with E-state index in [4.69, 9.17) is 9.84 Å². The zero-order valence-corrected chi connectivity index (χ0v) is 9.27. The minimum Gasteiger partial charge on any atom is -0.478 e. The molecule has 0 aliphatic rings. The predicted octanol–water partition coefficient (Wildman–Crippen LogP) is 1.99. The van der Waals surface area contributed by atoms with Crippen LogP contribution in [0, 0.1) is 0 Å². The fraction of sp³-hybridized carbons (Fsp3) is 0.333. The first kappa shape index (κ1) is 12.4. The molecular formula is C12H14O4. The van der Waals surface area contributed by atoms with E-state index >= 15 is 0 Å². The number of carboxylic acid groups (broad SMARTS) is 1. The Hall–Kier alpha value is -1.68. The van der Waals surface area contributed by atoms with Crippen LogP contribution in [0.2, 0.25) is 0 Å². The van der Waals surface area contributed by atoms with Crippen molar-refractivity contribution in [2.45, 2.75) is 20.0 Å². The molecule has 0 aromatic heterocycles. The second kappa shape index (κ2) is 5.42. The molecule has 16 heavy (non-hydrogen) atoms. The number of hydrogen-bond acceptors (Lipinski definition) is 3. The highest BCUT2D eigenvalue weighted by atomic mass is 16.5. The van der Waals surface area contributed by atoms with Gasteiger partial charge in [-0.3, -0.25) is 4.79 Å². The molecule has 0 aliphatic heterocycles. The molecule has 0 radical (unpaired) electrons. The molecule has 0 saturated carbocycles. The van der Waals surface area contributed by atoms with Crippen LogP contribution in [0.3, 0.4) is 0 Å². The first-order valence-electron chi connectivity index (χ1n) is 4.99. The van der Waals surface area contributed by atoms with Gasteiger partial charge in [-0.1, -0.05) is 12.1 Å². The average Bonchev–Trinajstić information content (AvgIpc) is 2.26. The number of aromatic carboxylic acids is 1. The molecule has 0 spiro atoms. The summed E-state index contributed by atoms with van der Waals surface area (Å²) in [6, 6.07) is 5.93. The third-order valence-electron chi connectivity index (χ3n) is 1.98. The topological polar surface area (TPSA) is 63.6 Å². The zero-order chi connectivity index (χ0) is 12.1. The average molecular weight is 222 g/mol. The Labute approximate surface area is 93.9 Å². The summed E-state index contributed by atoms with van der Waals surface area (Å²) in [5.41, 5.74) is 0.468. The highest BCUT2D eigenvalue weighted by Gasteiger charge is 2.10. The summed E-state index contributed by atoms with van der Waals surface area (Å²) in [7, 11) is 0. The van der Waals surface area contributed by atoms with E-state index in [1.807, 2.05) is 13.8 Å². The summed E-state index contributed by atoms with van der Waals surface area (Å²) in [5, 5.41) is 8.77. The van der Waals surface area contributed by atoms with E-state index < -0.39 is 5.97 Å². The SMILES string of the molecule is CC(C)OCC(=O)c1cccc(C(=O)O)c1. The smallest absolute Gasteiger partial charge is 0.335 e. The van der Waals surface area contributed by atoms with Gasteiger partial charge in [-0.15, -0.1) is 0 Å². The second-order valence-corrected chi connectivity index (χ2v) is 3.67. The lowest BCUT2D eigenvalue weighted by molar-refractivity contribution is 0.0584. The lowest BCUT2D eigenvalue weighted by Gasteiger charge is -2.06. The van der Waals surface area contributed by atoms with Crippen LogP contribution in [0.15, 0.2) is 24.3 Å². The summed E-state index contributed by atoms with van der Waals surface area (Å²) < 4.78 is 5.16. The van der Waals surface area contributed by atoms with Crippen molar-refractivity contribution in [2.24, 2.45) is 0 Å². The van der Waals surface area contributed by atoms with E-state index in [0.717, 1.165) is 0 Å². The number of rotatable bonds is 5. The largest absolute Gasteiger partial charge is 0.478 e. The maximum atomic E-state index is 11.6. The number of benzene rings is 1. The number of ketones is 1. The number of carboxylic acids is 1. The Morgan fingerprint density at radius 1 is 1.31 bits per heavy atom. The summed E-state index contributed by atoms with van der Waals surface area (Å²) in [6.45, 7) is 3.64. The van der Waals surface area contributed by atoms with Crippen molar-refractivity contribution in [3.05, 3.63) is 35.4 Å². The monoisotopic (exact) mass is 222 g/mol. The standard InChI is InChI=1S/C12H14O4/c1-8(2)16-7-11(13)9-4-3-5-10(6-9)12(14)15/h3-6,8H,7H2,1-2H3,(H,14,15). The van der Waals surface area contributed by atoms with E-state index in [-0.39, 0.29) is 24.1 Å². The van der Waals surface area contributed by atoms with Crippen LogP contribution in [-0.2, 0) is 4.74 Å². The van der Waals surface area contributed by atoms with Gasteiger partial charge >= 0.3 is 5.97 Å². The lowest BCUT2D eigenvalue weighted by atomic mass is 10.1. The van der Waals surface area contributed by atoms with Crippen LogP contribution in [0.1, 0.15) is 34.6 Å². The Morgan fingerprint density at radius 2 is 1.94 bits per heavy atom. The van der Waals surface area contributed by atoms with Crippen molar-refractivity contribution in [3.8, 4) is 0 Å². The van der Waals surface area contributed by atoms with Crippen LogP contribution in [0.4, 0.5) is 0 Å². The molecule has 0 amide bonds. The van der Waals surface area contributed by atoms with Gasteiger partial charge in [0, 0.05) is 5.56 Å². The van der Waals surface area contributed by atoms with Gasteiger partial charge in [-0.2, -0.15) is 0 Å². The maximum absolute atomic E-state index is 11.6. The minimum absolute atomic E-state index is 0.0217. The summed E-state index contributed by atoms with van der Waals surface area (Å²) >= 11 is 0. The Balaban J connectivity index is 2.76. The number of carbonyl (C=O) groups is 2. The zero-order valence-electron chi connectivity index (χ0n) is 9.27. The van der Waals surface area contributed by atoms with Gasteiger partial charge in [0.25, 0.3) is 0 Å². The fourth-order valence-electron chi connectivity index (χ4n) is 1.15. The highest BCUT2D eigenvalue weighted by molar-refractivity contribution is 5.99. The molecule has 1 aromatic carbocycles. The number of carbonyl (C=O) groups excluding carboxylic acids is 1. The van der Waals surface area contributed by atoms with Gasteiger partial charge in [0.1, 0.15) is 6.61 Å². The first-order chi connectivity index (χ1) is 7.50. The number of Topliss-reactive ketones (excluding diaryl/α,β-unsaturated/α-hetero) is 1. The molecule has 1 aromatic rings. The quantitative estimate of drug-likeness (QED) is 0.774. The minimum atomic E-state index is -1.04. The molecule has 0 saturated heterocycles. The van der Waals surface area contributed by atoms with Crippen molar-refractivity contribution in [3.63, 3.8) is 0 Å². The van der Waals surface area contributed by atoms with Crippen LogP contribution in [-0.4, -0.2) is 29.6 Å². The second-order valence-electron chi connectivity index (χ2n) is 3.67. The third kappa shape index (κ3) is 3.47. The summed E-state index contributed by atoms with van der Waals surface area (Å²) in [4.78, 5) is 22.3. The van der Waals surface area contributed by atoms with Gasteiger partial charge < -0.3 is 9.84 Å². The molecule has 0 fully saturated rings. The van der Waals surface area contributed by atoms with E-state index in [9.17, 15) is 9.59 Å². The fourth-order valence-corrected chi connectivity index (χ4v) is 1.15. The third-order valence-corrected chi connectivity index (χ3v) is 1.98. The summed E-state index contributed by atoms with van der Waals surface area (Å²) in [6.07, 6.45) is -0.0217. The van der Waals surface area contributed by atoms with Gasteiger partial charge in [-0.05, 0) is 26.0 Å². The first-order valence-corrected chi connectivity index (χ1v) is 4.99. The molecule has 86 valence electrons. The van der Waals surface area contributed by atoms with Crippen molar-refractivity contribution >= 4 is 11.8 Å². The Bertz CT molecular complexity index is 396. The molecular weight excluding hydrogens is 208 g/mol. The predicted molar refractivity (Wildman–Crippen MR) is 58.8 cm³/mol. The highest BCUT2D eigenvalue weighted by Crippen LogP contribution is 2.07. The van der Waals surface area contributed by atoms with Crippen molar-refractivity contribution in [2.75, 3.05) is 6.61 Å². The lowest BCUT2D eigenvalue weighted by Crippen LogP contribution is -2.14. The van der Waals surface area contributed by atoms with E-state index in [0.29, 0.717) is 5.56 Å². The van der Waals surface area contributed by atoms with Crippen molar-refractivity contribution < 1.29 is 19.4 Å². The van der Waals surface area contributed by atoms with Crippen LogP contribution in [0.5, 0.6) is 0 Å². The number of ether oxygens (including phenoxy) is 1. The molecule has 1 N–H and O–H groups in total. The molecule has 0 aliphatic carbocycles. The molecule has 1 rings (SSSR count). The Morgan fingerprint density at radius 3 is 2.50 bits per heavy atom. The van der Waals surface area contributed by atoms with Crippen LogP contribution < -0.4 is 0 Å². The maximum Gasteiger partial charge on any atom is 0.335 e. The van der Waals surface area contributed by atoms with Crippen LogP contribution in [0.25, 0.3) is 0 Å². The van der Waals surface area contributed by atoms with Crippen molar-refractivity contribution in [1.29, 1.82) is 0 Å². The molecule has 4 nitrogen and oxygen atoms in total. The Kier molecular flexibility index (Phi) is 4.19. The molecule has 4 heteroatoms. The van der Waals surface area contributed by atoms with E-state index in [1.165, 1.54) is 12.1 Å².